The number of benzene rings is 1. The summed E-state index contributed by atoms with van der Waals surface area (Å²) < 4.78 is 5.36. The normalized spacial score (nSPS) is 17.0. The van der Waals surface area contributed by atoms with Gasteiger partial charge in [-0.25, -0.2) is 4.79 Å². The Morgan fingerprint density at radius 1 is 1.32 bits per heavy atom. The van der Waals surface area contributed by atoms with Crippen molar-refractivity contribution in [3.63, 3.8) is 0 Å². The fourth-order valence-electron chi connectivity index (χ4n) is 2.18. The van der Waals surface area contributed by atoms with Crippen LogP contribution in [0.15, 0.2) is 29.2 Å². The number of carboxylic acid groups (broad SMARTS) is 2. The zero-order chi connectivity index (χ0) is 18.6. The molecule has 9 heteroatoms. The molecule has 25 heavy (non-hydrogen) atoms. The Hall–Kier alpha value is -2.39. The predicted octanol–water partition coefficient (Wildman–Crippen LogP) is 2.21. The summed E-state index contributed by atoms with van der Waals surface area (Å²) in [4.78, 5) is 35.8. The SMILES string of the molecule is CCOc1ccc(/C=C2\SC(=S)N([C@H](CC(=O)O)C(=O)O)C2=O)cc1. The van der Waals surface area contributed by atoms with E-state index in [9.17, 15) is 19.5 Å². The molecule has 1 aliphatic rings. The Kier molecular flexibility index (Phi) is 6.16. The number of ether oxygens (including phenoxy) is 1. The number of hydrogen-bond donors (Lipinski definition) is 2. The number of aliphatic carboxylic acids is 2. The van der Waals surface area contributed by atoms with Crippen LogP contribution in [0.1, 0.15) is 18.9 Å². The van der Waals surface area contributed by atoms with Gasteiger partial charge in [-0.15, -0.1) is 0 Å². The number of hydrogen-bond acceptors (Lipinski definition) is 6. The average molecular weight is 381 g/mol. The average Bonchev–Trinajstić information content (AvgIpc) is 2.81. The van der Waals surface area contributed by atoms with Crippen molar-refractivity contribution in [3.8, 4) is 5.75 Å². The molecule has 1 aromatic carbocycles. The van der Waals surface area contributed by atoms with Crippen LogP contribution >= 0.6 is 24.0 Å². The molecule has 0 aromatic heterocycles. The molecule has 1 saturated heterocycles. The molecule has 132 valence electrons. The first kappa shape index (κ1) is 18.9. The maximum atomic E-state index is 12.5. The van der Waals surface area contributed by atoms with Crippen LogP contribution in [-0.4, -0.2) is 49.9 Å². The summed E-state index contributed by atoms with van der Waals surface area (Å²) in [6.07, 6.45) is 0.854. The molecule has 0 aliphatic carbocycles. The van der Waals surface area contributed by atoms with Gasteiger partial charge in [0, 0.05) is 0 Å². The minimum atomic E-state index is -1.53. The number of carbonyl (C=O) groups excluding carboxylic acids is 1. The lowest BCUT2D eigenvalue weighted by atomic mass is 10.1. The first-order chi connectivity index (χ1) is 11.8. The molecule has 1 fully saturated rings. The summed E-state index contributed by atoms with van der Waals surface area (Å²) in [5.74, 6) is -2.66. The van der Waals surface area contributed by atoms with Crippen molar-refractivity contribution in [2.24, 2.45) is 0 Å². The standard InChI is InChI=1S/C16H15NO6S2/c1-2-23-10-5-3-9(4-6-10)7-12-14(20)17(16(24)25-12)11(15(21)22)8-13(18)19/h3-7,11H,2,8H2,1H3,(H,18,19)(H,21,22)/b12-7-/t11-/m1/s1. The smallest absolute Gasteiger partial charge is 0.327 e. The molecule has 0 unspecified atom stereocenters. The lowest BCUT2D eigenvalue weighted by molar-refractivity contribution is -0.150. The van der Waals surface area contributed by atoms with Gasteiger partial charge in [0.05, 0.1) is 17.9 Å². The predicted molar refractivity (Wildman–Crippen MR) is 96.3 cm³/mol. The molecule has 0 radical (unpaired) electrons. The van der Waals surface area contributed by atoms with Gasteiger partial charge in [0.1, 0.15) is 16.1 Å². The molecule has 1 aliphatic heterocycles. The molecule has 0 saturated carbocycles. The Morgan fingerprint density at radius 2 is 1.96 bits per heavy atom. The number of nitrogens with zero attached hydrogens (tertiary/aromatic N) is 1. The van der Waals surface area contributed by atoms with Crippen molar-refractivity contribution in [3.05, 3.63) is 34.7 Å². The van der Waals surface area contributed by atoms with Crippen molar-refractivity contribution in [1.29, 1.82) is 0 Å². The topological polar surface area (TPSA) is 104 Å². The van der Waals surface area contributed by atoms with Crippen molar-refractivity contribution in [2.75, 3.05) is 6.61 Å². The van der Waals surface area contributed by atoms with Crippen molar-refractivity contribution < 1.29 is 29.3 Å². The number of rotatable bonds is 7. The molecular weight excluding hydrogens is 366 g/mol. The summed E-state index contributed by atoms with van der Waals surface area (Å²) in [7, 11) is 0. The highest BCUT2D eigenvalue weighted by Gasteiger charge is 2.41. The molecular formula is C16H15NO6S2. The maximum Gasteiger partial charge on any atom is 0.327 e. The maximum absolute atomic E-state index is 12.5. The Labute approximate surface area is 153 Å². The second kappa shape index (κ2) is 8.13. The minimum absolute atomic E-state index is 0.0239. The number of carbonyl (C=O) groups is 3. The molecule has 1 aromatic rings. The highest BCUT2D eigenvalue weighted by atomic mass is 32.2. The van der Waals surface area contributed by atoms with E-state index in [1.165, 1.54) is 0 Å². The Morgan fingerprint density at radius 3 is 2.48 bits per heavy atom. The largest absolute Gasteiger partial charge is 0.494 e. The van der Waals surface area contributed by atoms with Gasteiger partial charge >= 0.3 is 11.9 Å². The van der Waals surface area contributed by atoms with Crippen LogP contribution in [0.3, 0.4) is 0 Å². The Bertz CT molecular complexity index is 743. The van der Waals surface area contributed by atoms with Gasteiger partial charge in [0.15, 0.2) is 0 Å². The van der Waals surface area contributed by atoms with Gasteiger partial charge in [-0.2, -0.15) is 0 Å². The number of amides is 1. The number of thioether (sulfide) groups is 1. The van der Waals surface area contributed by atoms with Gasteiger partial charge in [-0.3, -0.25) is 14.5 Å². The van der Waals surface area contributed by atoms with Crippen LogP contribution < -0.4 is 4.74 Å². The lowest BCUT2D eigenvalue weighted by Crippen LogP contribution is -2.45. The van der Waals surface area contributed by atoms with Crippen molar-refractivity contribution >= 4 is 52.2 Å². The minimum Gasteiger partial charge on any atom is -0.494 e. The molecule has 1 heterocycles. The van der Waals surface area contributed by atoms with Gasteiger partial charge in [0.2, 0.25) is 0 Å². The van der Waals surface area contributed by atoms with Gasteiger partial charge in [0.25, 0.3) is 5.91 Å². The van der Waals surface area contributed by atoms with Crippen LogP contribution in [0.4, 0.5) is 0 Å². The first-order valence-electron chi connectivity index (χ1n) is 7.28. The quantitative estimate of drug-likeness (QED) is 0.547. The summed E-state index contributed by atoms with van der Waals surface area (Å²) in [6, 6.07) is 5.48. The zero-order valence-electron chi connectivity index (χ0n) is 13.2. The molecule has 2 rings (SSSR count). The molecule has 1 atom stereocenters. The highest BCUT2D eigenvalue weighted by Crippen LogP contribution is 2.34. The molecule has 0 bridgehead atoms. The Balaban J connectivity index is 2.24. The number of carboxylic acids is 2. The van der Waals surface area contributed by atoms with Crippen LogP contribution in [-0.2, 0) is 14.4 Å². The van der Waals surface area contributed by atoms with E-state index in [2.05, 4.69) is 0 Å². The fraction of sp³-hybridized carbons (Fsp3) is 0.250. The molecule has 0 spiro atoms. The number of thiocarbonyl (C=S) groups is 1. The molecule has 7 nitrogen and oxygen atoms in total. The first-order valence-corrected chi connectivity index (χ1v) is 8.50. The van der Waals surface area contributed by atoms with E-state index in [1.807, 2.05) is 6.92 Å². The zero-order valence-corrected chi connectivity index (χ0v) is 14.8. The van der Waals surface area contributed by atoms with E-state index in [1.54, 1.807) is 30.3 Å². The molecule has 1 amide bonds. The second-order valence-electron chi connectivity index (χ2n) is 5.01. The highest BCUT2D eigenvalue weighted by molar-refractivity contribution is 8.26. The van der Waals surface area contributed by atoms with Crippen LogP contribution in [0, 0.1) is 0 Å². The third kappa shape index (κ3) is 4.58. The van der Waals surface area contributed by atoms with Crippen LogP contribution in [0.2, 0.25) is 0 Å². The third-order valence-electron chi connectivity index (χ3n) is 3.28. The lowest BCUT2D eigenvalue weighted by Gasteiger charge is -2.21. The summed E-state index contributed by atoms with van der Waals surface area (Å²) >= 11 is 6.01. The van der Waals surface area contributed by atoms with E-state index in [4.69, 9.17) is 22.1 Å². The summed E-state index contributed by atoms with van der Waals surface area (Å²) in [5, 5.41) is 18.1. The van der Waals surface area contributed by atoms with Gasteiger partial charge in [-0.1, -0.05) is 36.1 Å². The summed E-state index contributed by atoms with van der Waals surface area (Å²) in [6.45, 7) is 2.41. The third-order valence-corrected chi connectivity index (χ3v) is 4.61. The van der Waals surface area contributed by atoms with Crippen molar-refractivity contribution in [2.45, 2.75) is 19.4 Å². The van der Waals surface area contributed by atoms with Crippen molar-refractivity contribution in [1.82, 2.24) is 4.90 Å². The second-order valence-corrected chi connectivity index (χ2v) is 6.68. The molecule has 2 N–H and O–H groups in total. The van der Waals surface area contributed by atoms with E-state index in [0.717, 1.165) is 16.7 Å². The van der Waals surface area contributed by atoms with Crippen LogP contribution in [0.5, 0.6) is 5.75 Å². The monoisotopic (exact) mass is 381 g/mol. The fourth-order valence-corrected chi connectivity index (χ4v) is 3.54. The van der Waals surface area contributed by atoms with Gasteiger partial charge < -0.3 is 14.9 Å². The van der Waals surface area contributed by atoms with Crippen LogP contribution in [0.25, 0.3) is 6.08 Å². The van der Waals surface area contributed by atoms with Gasteiger partial charge in [-0.05, 0) is 30.7 Å². The van der Waals surface area contributed by atoms with E-state index < -0.39 is 30.3 Å². The van der Waals surface area contributed by atoms with E-state index in [0.29, 0.717) is 17.9 Å². The summed E-state index contributed by atoms with van der Waals surface area (Å²) in [5.41, 5.74) is 0.717. The van der Waals surface area contributed by atoms with E-state index >= 15 is 0 Å². The van der Waals surface area contributed by atoms with E-state index in [-0.39, 0.29) is 9.23 Å².